The Bertz CT molecular complexity index is 580. The standard InChI is InChI=1S/C14H15N3O2S/c18-14(10-1-5-19-8-10)17-7-12-13(16-4-3-15-12)11-2-6-20-9-11/h2-4,6,9-10H,1,5,7-8H2,(H,17,18)/t10-/m0/s1. The number of ether oxygens (including phenoxy) is 1. The third kappa shape index (κ3) is 2.86. The third-order valence-electron chi connectivity index (χ3n) is 3.30. The molecule has 1 fully saturated rings. The molecule has 3 heterocycles. The first-order valence-electron chi connectivity index (χ1n) is 6.52. The average Bonchev–Trinajstić information content (AvgIpc) is 3.17. The highest BCUT2D eigenvalue weighted by molar-refractivity contribution is 7.08. The second-order valence-electron chi connectivity index (χ2n) is 4.64. The van der Waals surface area contributed by atoms with E-state index in [4.69, 9.17) is 4.74 Å². The Balaban J connectivity index is 1.70. The van der Waals surface area contributed by atoms with Gasteiger partial charge in [0.25, 0.3) is 0 Å². The molecule has 0 spiro atoms. The van der Waals surface area contributed by atoms with E-state index in [9.17, 15) is 4.79 Å². The number of aromatic nitrogens is 2. The van der Waals surface area contributed by atoms with Crippen molar-refractivity contribution < 1.29 is 9.53 Å². The lowest BCUT2D eigenvalue weighted by atomic mass is 10.1. The Morgan fingerprint density at radius 1 is 1.45 bits per heavy atom. The van der Waals surface area contributed by atoms with Crippen molar-refractivity contribution in [3.63, 3.8) is 0 Å². The Hall–Kier alpha value is -1.79. The van der Waals surface area contributed by atoms with Crippen LogP contribution in [0.2, 0.25) is 0 Å². The van der Waals surface area contributed by atoms with E-state index < -0.39 is 0 Å². The molecule has 2 aromatic rings. The first kappa shape index (κ1) is 13.2. The quantitative estimate of drug-likeness (QED) is 0.933. The van der Waals surface area contributed by atoms with E-state index in [0.717, 1.165) is 23.4 Å². The molecule has 0 unspecified atom stereocenters. The molecule has 20 heavy (non-hydrogen) atoms. The van der Waals surface area contributed by atoms with Crippen molar-refractivity contribution in [2.75, 3.05) is 13.2 Å². The zero-order valence-corrected chi connectivity index (χ0v) is 11.7. The summed E-state index contributed by atoms with van der Waals surface area (Å²) in [6.45, 7) is 1.58. The van der Waals surface area contributed by atoms with Gasteiger partial charge >= 0.3 is 0 Å². The Labute approximate surface area is 121 Å². The van der Waals surface area contributed by atoms with Crippen molar-refractivity contribution in [2.24, 2.45) is 5.92 Å². The van der Waals surface area contributed by atoms with Gasteiger partial charge in [0, 0.05) is 29.9 Å². The zero-order valence-electron chi connectivity index (χ0n) is 10.9. The van der Waals surface area contributed by atoms with E-state index in [1.807, 2.05) is 16.8 Å². The SMILES string of the molecule is O=C(NCc1nccnc1-c1ccsc1)[C@H]1CCOC1. The lowest BCUT2D eigenvalue weighted by Gasteiger charge is -2.10. The van der Waals surface area contributed by atoms with Gasteiger partial charge in [0.05, 0.1) is 30.5 Å². The van der Waals surface area contributed by atoms with Crippen LogP contribution in [0.3, 0.4) is 0 Å². The van der Waals surface area contributed by atoms with Crippen LogP contribution < -0.4 is 5.32 Å². The average molecular weight is 289 g/mol. The van der Waals surface area contributed by atoms with E-state index >= 15 is 0 Å². The fourth-order valence-corrected chi connectivity index (χ4v) is 2.83. The van der Waals surface area contributed by atoms with Gasteiger partial charge in [0.15, 0.2) is 0 Å². The summed E-state index contributed by atoms with van der Waals surface area (Å²) in [6.07, 6.45) is 4.11. The normalized spacial score (nSPS) is 18.1. The molecule has 3 rings (SSSR count). The summed E-state index contributed by atoms with van der Waals surface area (Å²) in [5, 5.41) is 6.96. The molecule has 1 aliphatic rings. The van der Waals surface area contributed by atoms with Crippen molar-refractivity contribution in [1.82, 2.24) is 15.3 Å². The molecule has 0 saturated carbocycles. The van der Waals surface area contributed by atoms with E-state index in [1.54, 1.807) is 23.7 Å². The molecule has 0 radical (unpaired) electrons. The summed E-state index contributed by atoms with van der Waals surface area (Å²) in [6, 6.07) is 2.00. The van der Waals surface area contributed by atoms with Crippen LogP contribution in [-0.2, 0) is 16.1 Å². The first-order chi connectivity index (χ1) is 9.84. The summed E-state index contributed by atoms with van der Waals surface area (Å²) in [5.74, 6) is 0.000639. The number of hydrogen-bond donors (Lipinski definition) is 1. The minimum atomic E-state index is -0.0312. The molecular weight excluding hydrogens is 274 g/mol. The number of amides is 1. The zero-order chi connectivity index (χ0) is 13.8. The Kier molecular flexibility index (Phi) is 4.03. The van der Waals surface area contributed by atoms with Crippen molar-refractivity contribution in [1.29, 1.82) is 0 Å². The maximum Gasteiger partial charge on any atom is 0.225 e. The second-order valence-corrected chi connectivity index (χ2v) is 5.42. The number of carbonyl (C=O) groups excluding carboxylic acids is 1. The summed E-state index contributed by atoms with van der Waals surface area (Å²) < 4.78 is 5.23. The largest absolute Gasteiger partial charge is 0.381 e. The Morgan fingerprint density at radius 3 is 3.10 bits per heavy atom. The van der Waals surface area contributed by atoms with Crippen LogP contribution in [0.15, 0.2) is 29.2 Å². The minimum absolute atomic E-state index is 0.0312. The minimum Gasteiger partial charge on any atom is -0.381 e. The van der Waals surface area contributed by atoms with Gasteiger partial charge in [0.2, 0.25) is 5.91 Å². The van der Waals surface area contributed by atoms with Crippen LogP contribution in [0, 0.1) is 5.92 Å². The van der Waals surface area contributed by atoms with Gasteiger partial charge in [0.1, 0.15) is 0 Å². The van der Waals surface area contributed by atoms with Crippen LogP contribution >= 0.6 is 11.3 Å². The number of nitrogens with zero attached hydrogens (tertiary/aromatic N) is 2. The highest BCUT2D eigenvalue weighted by Gasteiger charge is 2.23. The monoisotopic (exact) mass is 289 g/mol. The summed E-state index contributed by atoms with van der Waals surface area (Å²) >= 11 is 1.62. The van der Waals surface area contributed by atoms with Crippen molar-refractivity contribution >= 4 is 17.2 Å². The molecule has 1 aliphatic heterocycles. The predicted molar refractivity (Wildman–Crippen MR) is 76.1 cm³/mol. The molecule has 1 saturated heterocycles. The van der Waals surface area contributed by atoms with Crippen LogP contribution in [0.5, 0.6) is 0 Å². The van der Waals surface area contributed by atoms with Crippen LogP contribution in [0.4, 0.5) is 0 Å². The molecule has 6 heteroatoms. The third-order valence-corrected chi connectivity index (χ3v) is 3.98. The molecule has 1 atom stereocenters. The lowest BCUT2D eigenvalue weighted by molar-refractivity contribution is -0.125. The summed E-state index contributed by atoms with van der Waals surface area (Å²) in [5.41, 5.74) is 2.66. The lowest BCUT2D eigenvalue weighted by Crippen LogP contribution is -2.31. The summed E-state index contributed by atoms with van der Waals surface area (Å²) in [4.78, 5) is 20.7. The van der Waals surface area contributed by atoms with Crippen molar-refractivity contribution in [3.05, 3.63) is 34.9 Å². The maximum atomic E-state index is 12.0. The number of rotatable bonds is 4. The molecule has 1 N–H and O–H groups in total. The van der Waals surface area contributed by atoms with Crippen LogP contribution in [0.25, 0.3) is 11.3 Å². The molecule has 5 nitrogen and oxygen atoms in total. The Morgan fingerprint density at radius 2 is 2.35 bits per heavy atom. The first-order valence-corrected chi connectivity index (χ1v) is 7.47. The predicted octanol–water partition coefficient (Wildman–Crippen LogP) is 1.86. The van der Waals surface area contributed by atoms with Gasteiger partial charge in [-0.2, -0.15) is 11.3 Å². The maximum absolute atomic E-state index is 12.0. The summed E-state index contributed by atoms with van der Waals surface area (Å²) in [7, 11) is 0. The van der Waals surface area contributed by atoms with E-state index in [2.05, 4.69) is 15.3 Å². The van der Waals surface area contributed by atoms with Crippen LogP contribution in [-0.4, -0.2) is 29.1 Å². The topological polar surface area (TPSA) is 64.1 Å². The number of nitrogens with one attached hydrogen (secondary N) is 1. The van der Waals surface area contributed by atoms with E-state index in [0.29, 0.717) is 19.8 Å². The van der Waals surface area contributed by atoms with Crippen LogP contribution in [0.1, 0.15) is 12.1 Å². The number of thiophene rings is 1. The highest BCUT2D eigenvalue weighted by Crippen LogP contribution is 2.22. The molecule has 104 valence electrons. The van der Waals surface area contributed by atoms with E-state index in [1.165, 1.54) is 0 Å². The van der Waals surface area contributed by atoms with Gasteiger partial charge < -0.3 is 10.1 Å². The molecule has 1 amide bonds. The molecule has 0 bridgehead atoms. The number of carbonyl (C=O) groups is 1. The fourth-order valence-electron chi connectivity index (χ4n) is 2.19. The molecule has 0 aromatic carbocycles. The van der Waals surface area contributed by atoms with Crippen molar-refractivity contribution in [3.8, 4) is 11.3 Å². The number of hydrogen-bond acceptors (Lipinski definition) is 5. The fraction of sp³-hybridized carbons (Fsp3) is 0.357. The van der Waals surface area contributed by atoms with Gasteiger partial charge in [-0.1, -0.05) is 0 Å². The van der Waals surface area contributed by atoms with Crippen molar-refractivity contribution in [2.45, 2.75) is 13.0 Å². The van der Waals surface area contributed by atoms with Gasteiger partial charge in [-0.05, 0) is 17.9 Å². The molecular formula is C14H15N3O2S. The van der Waals surface area contributed by atoms with Gasteiger partial charge in [-0.25, -0.2) is 0 Å². The second kappa shape index (κ2) is 6.11. The molecule has 2 aromatic heterocycles. The smallest absolute Gasteiger partial charge is 0.225 e. The molecule has 0 aliphatic carbocycles. The van der Waals surface area contributed by atoms with Gasteiger partial charge in [-0.15, -0.1) is 0 Å². The highest BCUT2D eigenvalue weighted by atomic mass is 32.1. The van der Waals surface area contributed by atoms with Gasteiger partial charge in [-0.3, -0.25) is 14.8 Å². The van der Waals surface area contributed by atoms with E-state index in [-0.39, 0.29) is 11.8 Å².